The van der Waals surface area contributed by atoms with Gasteiger partial charge in [0.15, 0.2) is 0 Å². The molecule has 0 spiro atoms. The molecule has 8 nitrogen and oxygen atoms in total. The van der Waals surface area contributed by atoms with Crippen LogP contribution < -0.4 is 0 Å². The molecule has 1 unspecified atom stereocenters. The summed E-state index contributed by atoms with van der Waals surface area (Å²) in [4.78, 5) is 6.40. The Hall–Kier alpha value is -3.65. The summed E-state index contributed by atoms with van der Waals surface area (Å²) in [5.41, 5.74) is 3.92. The molecule has 196 valence electrons. The van der Waals surface area contributed by atoms with Gasteiger partial charge in [-0.1, -0.05) is 13.8 Å². The molecule has 10 heteroatoms. The molecule has 0 radical (unpaired) electrons. The van der Waals surface area contributed by atoms with E-state index < -0.39 is 10.0 Å². The average Bonchev–Trinajstić information content (AvgIpc) is 3.31. The Kier molecular flexibility index (Phi) is 7.01. The van der Waals surface area contributed by atoms with Crippen LogP contribution in [0.3, 0.4) is 0 Å². The minimum absolute atomic E-state index is 0.0836. The normalized spacial score (nSPS) is 17.2. The number of rotatable bonds is 6. The molecule has 0 amide bonds. The van der Waals surface area contributed by atoms with E-state index in [4.69, 9.17) is 5.26 Å². The largest absolute Gasteiger partial charge is 0.293 e. The van der Waals surface area contributed by atoms with Crippen LogP contribution in [0.5, 0.6) is 0 Å². The van der Waals surface area contributed by atoms with Crippen molar-refractivity contribution in [1.82, 2.24) is 24.0 Å². The van der Waals surface area contributed by atoms with Gasteiger partial charge in [0, 0.05) is 43.8 Å². The van der Waals surface area contributed by atoms with Crippen molar-refractivity contribution in [2.75, 3.05) is 26.2 Å². The maximum absolute atomic E-state index is 13.5. The molecule has 0 bridgehead atoms. The second kappa shape index (κ2) is 10.3. The fraction of sp³-hybridized carbons (Fsp3) is 0.321. The van der Waals surface area contributed by atoms with Gasteiger partial charge >= 0.3 is 0 Å². The highest BCUT2D eigenvalue weighted by Crippen LogP contribution is 2.34. The Morgan fingerprint density at radius 1 is 1.11 bits per heavy atom. The van der Waals surface area contributed by atoms with Gasteiger partial charge in [-0.15, -0.1) is 0 Å². The first-order valence-electron chi connectivity index (χ1n) is 12.5. The number of nitrogens with zero attached hydrogens (tertiary/aromatic N) is 6. The highest BCUT2D eigenvalue weighted by Gasteiger charge is 2.36. The molecular weight excluding hydrogens is 503 g/mol. The summed E-state index contributed by atoms with van der Waals surface area (Å²) in [5.74, 6) is 0.108. The molecule has 1 fully saturated rings. The van der Waals surface area contributed by atoms with E-state index in [2.05, 4.69) is 41.0 Å². The number of fused-ring (bicyclic) bond motifs is 1. The Morgan fingerprint density at radius 2 is 1.87 bits per heavy atom. The zero-order valence-corrected chi connectivity index (χ0v) is 22.4. The molecule has 0 aliphatic carbocycles. The van der Waals surface area contributed by atoms with E-state index in [-0.39, 0.29) is 22.4 Å². The smallest absolute Gasteiger partial charge is 0.244 e. The number of hydrogen-bond donors (Lipinski definition) is 0. The van der Waals surface area contributed by atoms with Gasteiger partial charge in [-0.2, -0.15) is 14.7 Å². The molecule has 1 atom stereocenters. The summed E-state index contributed by atoms with van der Waals surface area (Å²) >= 11 is 0. The molecule has 0 N–H and O–H groups in total. The first-order valence-corrected chi connectivity index (χ1v) is 14.0. The summed E-state index contributed by atoms with van der Waals surface area (Å²) < 4.78 is 43.8. The number of aromatic nitrogens is 3. The van der Waals surface area contributed by atoms with Crippen LogP contribution in [0, 0.1) is 30.0 Å². The third-order valence-electron chi connectivity index (χ3n) is 6.93. The van der Waals surface area contributed by atoms with Crippen molar-refractivity contribution in [2.45, 2.75) is 31.7 Å². The topological polar surface area (TPSA) is 95.1 Å². The van der Waals surface area contributed by atoms with Crippen molar-refractivity contribution >= 4 is 20.9 Å². The van der Waals surface area contributed by atoms with Crippen LogP contribution in [0.25, 0.3) is 16.6 Å². The summed E-state index contributed by atoms with van der Waals surface area (Å²) in [7, 11) is -3.78. The number of nitriles is 1. The monoisotopic (exact) mass is 532 g/mol. The number of benzene rings is 2. The third kappa shape index (κ3) is 4.92. The Balaban J connectivity index is 1.52. The lowest BCUT2D eigenvalue weighted by Gasteiger charge is -2.42. The van der Waals surface area contributed by atoms with Gasteiger partial charge in [0.05, 0.1) is 17.4 Å². The van der Waals surface area contributed by atoms with E-state index in [0.717, 1.165) is 34.3 Å². The summed E-state index contributed by atoms with van der Waals surface area (Å²) in [6.07, 6.45) is 3.04. The van der Waals surface area contributed by atoms with Gasteiger partial charge in [-0.05, 0) is 72.5 Å². The van der Waals surface area contributed by atoms with Crippen LogP contribution in [0.2, 0.25) is 0 Å². The number of pyridine rings is 1. The van der Waals surface area contributed by atoms with Gasteiger partial charge in [-0.25, -0.2) is 22.5 Å². The summed E-state index contributed by atoms with van der Waals surface area (Å²) in [6.45, 7) is 8.45. The molecular formula is C28H29FN6O2S. The number of aryl methyl sites for hydroxylation is 1. The van der Waals surface area contributed by atoms with Crippen LogP contribution in [-0.2, 0) is 10.0 Å². The standard InChI is InChI=1S/C28H29FN6O2S/c1-19(2)17-33-10-11-34(38(36,37)25-9-6-23(14-30)31-16-25)18-28(33)26-13-21-15-32-35(27(21)12-20(26)3)24-7-4-22(29)5-8-24/h4-9,12-13,15-16,19,28H,10-11,17-18H2,1-3H3. The van der Waals surface area contributed by atoms with E-state index >= 15 is 0 Å². The minimum atomic E-state index is -3.78. The van der Waals surface area contributed by atoms with Crippen molar-refractivity contribution in [3.63, 3.8) is 0 Å². The predicted molar refractivity (Wildman–Crippen MR) is 143 cm³/mol. The first kappa shape index (κ1) is 26.0. The van der Waals surface area contributed by atoms with E-state index in [1.807, 2.05) is 13.0 Å². The maximum atomic E-state index is 13.5. The van der Waals surface area contributed by atoms with Gasteiger partial charge in [0.1, 0.15) is 22.5 Å². The van der Waals surface area contributed by atoms with Crippen LogP contribution >= 0.6 is 0 Å². The Bertz CT molecular complexity index is 1610. The van der Waals surface area contributed by atoms with E-state index in [9.17, 15) is 12.8 Å². The SMILES string of the molecule is Cc1cc2c(cnn2-c2ccc(F)cc2)cc1C1CN(S(=O)(=O)c2ccc(C#N)nc2)CCN1CC(C)C. The molecule has 1 aliphatic heterocycles. The lowest BCUT2D eigenvalue weighted by Crippen LogP contribution is -2.51. The number of piperazine rings is 1. The van der Waals surface area contributed by atoms with E-state index in [1.165, 1.54) is 34.8 Å². The highest BCUT2D eigenvalue weighted by atomic mass is 32.2. The fourth-order valence-electron chi connectivity index (χ4n) is 5.09. The van der Waals surface area contributed by atoms with E-state index in [0.29, 0.717) is 25.6 Å². The third-order valence-corrected chi connectivity index (χ3v) is 8.78. The quantitative estimate of drug-likeness (QED) is 0.364. The van der Waals surface area contributed by atoms with Crippen molar-refractivity contribution in [3.05, 3.63) is 83.6 Å². The lowest BCUT2D eigenvalue weighted by molar-refractivity contribution is 0.105. The van der Waals surface area contributed by atoms with E-state index in [1.54, 1.807) is 23.0 Å². The summed E-state index contributed by atoms with van der Waals surface area (Å²) in [6, 6.07) is 15.0. The maximum Gasteiger partial charge on any atom is 0.244 e. The molecule has 38 heavy (non-hydrogen) atoms. The van der Waals surface area contributed by atoms with Gasteiger partial charge < -0.3 is 0 Å². The molecule has 5 rings (SSSR count). The van der Waals surface area contributed by atoms with Gasteiger partial charge in [0.2, 0.25) is 10.0 Å². The number of halogens is 1. The molecule has 1 aliphatic rings. The molecule has 4 aromatic rings. The number of hydrogen-bond acceptors (Lipinski definition) is 6. The van der Waals surface area contributed by atoms with Crippen LogP contribution in [0.4, 0.5) is 4.39 Å². The Labute approximate surface area is 222 Å². The zero-order chi connectivity index (χ0) is 27.0. The van der Waals surface area contributed by atoms with Crippen molar-refractivity contribution < 1.29 is 12.8 Å². The van der Waals surface area contributed by atoms with Crippen LogP contribution in [0.1, 0.15) is 36.7 Å². The average molecular weight is 533 g/mol. The van der Waals surface area contributed by atoms with Crippen molar-refractivity contribution in [3.8, 4) is 11.8 Å². The highest BCUT2D eigenvalue weighted by molar-refractivity contribution is 7.89. The number of sulfonamides is 1. The zero-order valence-electron chi connectivity index (χ0n) is 21.5. The second-order valence-corrected chi connectivity index (χ2v) is 12.0. The van der Waals surface area contributed by atoms with Crippen LogP contribution in [0.15, 0.2) is 65.8 Å². The van der Waals surface area contributed by atoms with Crippen LogP contribution in [-0.4, -0.2) is 58.6 Å². The van der Waals surface area contributed by atoms with Gasteiger partial charge in [-0.3, -0.25) is 4.90 Å². The Morgan fingerprint density at radius 3 is 2.53 bits per heavy atom. The van der Waals surface area contributed by atoms with Crippen molar-refractivity contribution in [2.24, 2.45) is 5.92 Å². The second-order valence-electron chi connectivity index (χ2n) is 10.1. The molecule has 2 aromatic heterocycles. The molecule has 0 saturated carbocycles. The summed E-state index contributed by atoms with van der Waals surface area (Å²) in [5, 5.41) is 14.5. The molecule has 2 aromatic carbocycles. The fourth-order valence-corrected chi connectivity index (χ4v) is 6.47. The predicted octanol–water partition coefficient (Wildman–Crippen LogP) is 4.44. The first-order chi connectivity index (χ1) is 18.2. The van der Waals surface area contributed by atoms with Gasteiger partial charge in [0.25, 0.3) is 0 Å². The van der Waals surface area contributed by atoms with Crippen molar-refractivity contribution in [1.29, 1.82) is 5.26 Å². The molecule has 3 heterocycles. The molecule has 1 saturated heterocycles. The minimum Gasteiger partial charge on any atom is -0.293 e. The lowest BCUT2D eigenvalue weighted by atomic mass is 9.96.